The highest BCUT2D eigenvalue weighted by Gasteiger charge is 2.25. The summed E-state index contributed by atoms with van der Waals surface area (Å²) in [5, 5.41) is 10.8. The van der Waals surface area contributed by atoms with Crippen LogP contribution >= 0.6 is 39.1 Å². The molecule has 1 aromatic heterocycles. The standard InChI is InChI=1S/C19H15BrCl2N2O3/c1-2-27-19(26)17-16(10-25)24(13-6-3-11(20)4-7-13)18(23-17)14-8-5-12(21)9-15(14)22/h3-9,25H,2,10H2,1H3. The van der Waals surface area contributed by atoms with Crippen LogP contribution in [0.5, 0.6) is 0 Å². The molecule has 0 saturated carbocycles. The maximum Gasteiger partial charge on any atom is 0.358 e. The van der Waals surface area contributed by atoms with E-state index in [2.05, 4.69) is 20.9 Å². The summed E-state index contributed by atoms with van der Waals surface area (Å²) in [4.78, 5) is 16.8. The second-order valence-electron chi connectivity index (χ2n) is 5.55. The molecular formula is C19H15BrCl2N2O3. The topological polar surface area (TPSA) is 64.3 Å². The van der Waals surface area contributed by atoms with Crippen molar-refractivity contribution in [2.75, 3.05) is 6.61 Å². The Kier molecular flexibility index (Phi) is 6.22. The van der Waals surface area contributed by atoms with Crippen molar-refractivity contribution in [2.45, 2.75) is 13.5 Å². The van der Waals surface area contributed by atoms with Crippen molar-refractivity contribution in [2.24, 2.45) is 0 Å². The number of esters is 1. The molecule has 140 valence electrons. The number of halogens is 3. The SMILES string of the molecule is CCOC(=O)c1nc(-c2ccc(Cl)cc2Cl)n(-c2ccc(Br)cc2)c1CO. The summed E-state index contributed by atoms with van der Waals surface area (Å²) in [5.41, 5.74) is 1.65. The van der Waals surface area contributed by atoms with E-state index in [4.69, 9.17) is 27.9 Å². The van der Waals surface area contributed by atoms with Crippen molar-refractivity contribution in [3.8, 4) is 17.1 Å². The van der Waals surface area contributed by atoms with Crippen LogP contribution in [0.4, 0.5) is 0 Å². The summed E-state index contributed by atoms with van der Waals surface area (Å²) in [5.74, 6) is -0.199. The molecule has 0 bridgehead atoms. The number of imidazole rings is 1. The Labute approximate surface area is 174 Å². The van der Waals surface area contributed by atoms with Gasteiger partial charge in [0.1, 0.15) is 5.82 Å². The van der Waals surface area contributed by atoms with Gasteiger partial charge in [-0.15, -0.1) is 0 Å². The van der Waals surface area contributed by atoms with Crippen molar-refractivity contribution < 1.29 is 14.6 Å². The third kappa shape index (κ3) is 4.04. The molecule has 0 saturated heterocycles. The fourth-order valence-corrected chi connectivity index (χ4v) is 3.44. The molecule has 0 aliphatic carbocycles. The number of hydrogen-bond acceptors (Lipinski definition) is 4. The smallest absolute Gasteiger partial charge is 0.358 e. The number of carbonyl (C=O) groups excluding carboxylic acids is 1. The van der Waals surface area contributed by atoms with Crippen LogP contribution < -0.4 is 0 Å². The Balaban J connectivity index is 2.30. The van der Waals surface area contributed by atoms with Crippen molar-refractivity contribution in [1.29, 1.82) is 0 Å². The molecule has 1 N–H and O–H groups in total. The maximum atomic E-state index is 12.4. The number of aromatic nitrogens is 2. The number of rotatable bonds is 5. The molecule has 0 aliphatic rings. The van der Waals surface area contributed by atoms with Crippen molar-refractivity contribution >= 4 is 45.1 Å². The summed E-state index contributed by atoms with van der Waals surface area (Å²) < 4.78 is 7.68. The zero-order valence-corrected chi connectivity index (χ0v) is 17.3. The molecule has 3 rings (SSSR count). The van der Waals surface area contributed by atoms with Gasteiger partial charge in [-0.25, -0.2) is 9.78 Å². The van der Waals surface area contributed by atoms with Gasteiger partial charge in [0.05, 0.1) is 23.9 Å². The molecule has 3 aromatic rings. The number of hydrogen-bond donors (Lipinski definition) is 1. The van der Waals surface area contributed by atoms with Crippen LogP contribution in [0.1, 0.15) is 23.1 Å². The lowest BCUT2D eigenvalue weighted by Gasteiger charge is -2.12. The van der Waals surface area contributed by atoms with E-state index in [1.165, 1.54) is 0 Å². The van der Waals surface area contributed by atoms with Crippen molar-refractivity contribution in [3.63, 3.8) is 0 Å². The Hall–Kier alpha value is -1.86. The van der Waals surface area contributed by atoms with Gasteiger partial charge in [-0.1, -0.05) is 39.1 Å². The van der Waals surface area contributed by atoms with Crippen LogP contribution in [0.15, 0.2) is 46.9 Å². The zero-order chi connectivity index (χ0) is 19.6. The van der Waals surface area contributed by atoms with Gasteiger partial charge in [0.15, 0.2) is 5.69 Å². The lowest BCUT2D eigenvalue weighted by Crippen LogP contribution is -2.10. The summed E-state index contributed by atoms with van der Waals surface area (Å²) in [6.45, 7) is 1.51. The molecule has 0 radical (unpaired) electrons. The van der Waals surface area contributed by atoms with Crippen molar-refractivity contribution in [3.05, 3.63) is 68.4 Å². The molecule has 27 heavy (non-hydrogen) atoms. The third-order valence-electron chi connectivity index (χ3n) is 3.85. The molecule has 0 fully saturated rings. The normalized spacial score (nSPS) is 10.9. The van der Waals surface area contributed by atoms with E-state index in [1.54, 1.807) is 29.7 Å². The molecule has 0 unspecified atom stereocenters. The van der Waals surface area contributed by atoms with E-state index in [1.807, 2.05) is 24.3 Å². The van der Waals surface area contributed by atoms with Crippen LogP contribution in [0.2, 0.25) is 10.0 Å². The summed E-state index contributed by atoms with van der Waals surface area (Å²) >= 11 is 15.8. The summed E-state index contributed by atoms with van der Waals surface area (Å²) in [6, 6.07) is 12.4. The second-order valence-corrected chi connectivity index (χ2v) is 7.30. The highest BCUT2D eigenvalue weighted by molar-refractivity contribution is 9.10. The predicted molar refractivity (Wildman–Crippen MR) is 109 cm³/mol. The van der Waals surface area contributed by atoms with Crippen LogP contribution in [-0.4, -0.2) is 27.2 Å². The molecule has 8 heteroatoms. The first-order valence-corrected chi connectivity index (χ1v) is 9.62. The average Bonchev–Trinajstić information content (AvgIpc) is 3.02. The van der Waals surface area contributed by atoms with Gasteiger partial charge in [-0.2, -0.15) is 0 Å². The first-order chi connectivity index (χ1) is 13.0. The number of carbonyl (C=O) groups is 1. The van der Waals surface area contributed by atoms with E-state index in [9.17, 15) is 9.90 Å². The minimum Gasteiger partial charge on any atom is -0.461 e. The molecule has 0 aliphatic heterocycles. The third-order valence-corrected chi connectivity index (χ3v) is 4.92. The maximum absolute atomic E-state index is 12.4. The lowest BCUT2D eigenvalue weighted by atomic mass is 10.2. The minimum atomic E-state index is -0.608. The van der Waals surface area contributed by atoms with Gasteiger partial charge >= 0.3 is 5.97 Å². The van der Waals surface area contributed by atoms with Gasteiger partial charge in [0.2, 0.25) is 0 Å². The molecule has 0 amide bonds. The lowest BCUT2D eigenvalue weighted by molar-refractivity contribution is 0.0516. The Morgan fingerprint density at radius 1 is 1.22 bits per heavy atom. The van der Waals surface area contributed by atoms with E-state index < -0.39 is 12.6 Å². The van der Waals surface area contributed by atoms with Gasteiger partial charge < -0.3 is 9.84 Å². The van der Waals surface area contributed by atoms with Crippen LogP contribution in [0.3, 0.4) is 0 Å². The van der Waals surface area contributed by atoms with Gasteiger partial charge in [-0.3, -0.25) is 4.57 Å². The number of nitrogens with zero attached hydrogens (tertiary/aromatic N) is 2. The first kappa shape index (κ1) is 19.9. The molecule has 0 atom stereocenters. The van der Waals surface area contributed by atoms with E-state index in [0.717, 1.165) is 4.47 Å². The zero-order valence-electron chi connectivity index (χ0n) is 14.2. The average molecular weight is 470 g/mol. The number of benzene rings is 2. The van der Waals surface area contributed by atoms with Crippen LogP contribution in [0, 0.1) is 0 Å². The van der Waals surface area contributed by atoms with Crippen LogP contribution in [0.25, 0.3) is 17.1 Å². The van der Waals surface area contributed by atoms with E-state index >= 15 is 0 Å². The van der Waals surface area contributed by atoms with E-state index in [-0.39, 0.29) is 12.3 Å². The second kappa shape index (κ2) is 8.44. The number of aliphatic hydroxyl groups excluding tert-OH is 1. The molecule has 0 spiro atoms. The molecular weight excluding hydrogens is 455 g/mol. The van der Waals surface area contributed by atoms with Crippen LogP contribution in [-0.2, 0) is 11.3 Å². The summed E-state index contributed by atoms with van der Waals surface area (Å²) in [7, 11) is 0. The predicted octanol–water partition coefficient (Wildman–Crippen LogP) is 5.28. The molecule has 1 heterocycles. The van der Waals surface area contributed by atoms with Gasteiger partial charge in [0, 0.05) is 20.7 Å². The highest BCUT2D eigenvalue weighted by atomic mass is 79.9. The van der Waals surface area contributed by atoms with E-state index in [0.29, 0.717) is 32.8 Å². The number of aliphatic hydroxyl groups is 1. The fraction of sp³-hybridized carbons (Fsp3) is 0.158. The molecule has 2 aromatic carbocycles. The first-order valence-electron chi connectivity index (χ1n) is 8.07. The Bertz CT molecular complexity index is 987. The monoisotopic (exact) mass is 468 g/mol. The fourth-order valence-electron chi connectivity index (χ4n) is 2.68. The van der Waals surface area contributed by atoms with Gasteiger partial charge in [-0.05, 0) is 49.4 Å². The largest absolute Gasteiger partial charge is 0.461 e. The summed E-state index contributed by atoms with van der Waals surface area (Å²) in [6.07, 6.45) is 0. The van der Waals surface area contributed by atoms with Crippen molar-refractivity contribution in [1.82, 2.24) is 9.55 Å². The molecule has 5 nitrogen and oxygen atoms in total. The Morgan fingerprint density at radius 2 is 1.93 bits per heavy atom. The van der Waals surface area contributed by atoms with Gasteiger partial charge in [0.25, 0.3) is 0 Å². The highest BCUT2D eigenvalue weighted by Crippen LogP contribution is 2.34. The Morgan fingerprint density at radius 3 is 2.52 bits per heavy atom. The quantitative estimate of drug-likeness (QED) is 0.516. The minimum absolute atomic E-state index is 0.0447. The number of ether oxygens (including phenoxy) is 1.